The fraction of sp³-hybridized carbons (Fsp3) is 0.900. The Labute approximate surface area is 187 Å². The van der Waals surface area contributed by atoms with Gasteiger partial charge in [0.1, 0.15) is 0 Å². The lowest BCUT2D eigenvalue weighted by molar-refractivity contribution is -0.121. The summed E-state index contributed by atoms with van der Waals surface area (Å²) in [7, 11) is 0. The lowest BCUT2D eigenvalue weighted by Crippen LogP contribution is -2.41. The molecule has 3 N–H and O–H groups in total. The van der Waals surface area contributed by atoms with Gasteiger partial charge in [-0.2, -0.15) is 0 Å². The van der Waals surface area contributed by atoms with Crippen molar-refractivity contribution >= 4 is 35.8 Å². The second kappa shape index (κ2) is 16.2. The van der Waals surface area contributed by atoms with E-state index in [0.717, 1.165) is 58.3 Å². The zero-order valence-electron chi connectivity index (χ0n) is 17.3. The maximum Gasteiger partial charge on any atom is 0.220 e. The molecule has 0 aromatic heterocycles. The molecule has 1 unspecified atom stereocenters. The molecule has 1 aliphatic carbocycles. The number of guanidine groups is 1. The molecule has 28 heavy (non-hydrogen) atoms. The smallest absolute Gasteiger partial charge is 0.220 e. The van der Waals surface area contributed by atoms with Crippen molar-refractivity contribution in [2.45, 2.75) is 51.9 Å². The van der Waals surface area contributed by atoms with Crippen molar-refractivity contribution in [1.82, 2.24) is 16.0 Å². The standard InChI is InChI=1S/C20H38N4O3.HI/c1-2-21-20(23-9-5-12-26-15-18-8-13-27-16-18)24-11-10-22-19(25)14-17-6-3-4-7-17;/h17-18H,2-16H2,1H3,(H,22,25)(H2,21,23,24);1H. The molecule has 7 nitrogen and oxygen atoms in total. The van der Waals surface area contributed by atoms with Crippen LogP contribution >= 0.6 is 24.0 Å². The van der Waals surface area contributed by atoms with Gasteiger partial charge in [-0.05, 0) is 38.5 Å². The molecule has 1 saturated carbocycles. The van der Waals surface area contributed by atoms with Crippen LogP contribution in [0.4, 0.5) is 0 Å². The number of hydrogen-bond donors (Lipinski definition) is 3. The first-order chi connectivity index (χ1) is 13.3. The number of nitrogens with zero attached hydrogens (tertiary/aromatic N) is 1. The highest BCUT2D eigenvalue weighted by Gasteiger charge is 2.18. The summed E-state index contributed by atoms with van der Waals surface area (Å²) in [6, 6.07) is 0. The summed E-state index contributed by atoms with van der Waals surface area (Å²) in [6.07, 6.45) is 7.68. The second-order valence-corrected chi connectivity index (χ2v) is 7.55. The van der Waals surface area contributed by atoms with Crippen LogP contribution in [-0.2, 0) is 14.3 Å². The number of amides is 1. The molecule has 2 fully saturated rings. The third-order valence-electron chi connectivity index (χ3n) is 5.13. The van der Waals surface area contributed by atoms with E-state index in [1.54, 1.807) is 0 Å². The van der Waals surface area contributed by atoms with Gasteiger partial charge in [-0.1, -0.05) is 12.8 Å². The van der Waals surface area contributed by atoms with Gasteiger partial charge in [0.15, 0.2) is 5.96 Å². The Morgan fingerprint density at radius 1 is 1.11 bits per heavy atom. The van der Waals surface area contributed by atoms with Gasteiger partial charge in [-0.3, -0.25) is 9.79 Å². The van der Waals surface area contributed by atoms with Crippen LogP contribution < -0.4 is 16.0 Å². The van der Waals surface area contributed by atoms with Crippen molar-refractivity contribution in [1.29, 1.82) is 0 Å². The first-order valence-corrected chi connectivity index (χ1v) is 10.7. The van der Waals surface area contributed by atoms with Crippen LogP contribution in [0.25, 0.3) is 0 Å². The number of ether oxygens (including phenoxy) is 2. The molecule has 0 aromatic rings. The van der Waals surface area contributed by atoms with Crippen LogP contribution in [0.3, 0.4) is 0 Å². The number of hydrogen-bond acceptors (Lipinski definition) is 4. The number of rotatable bonds is 12. The molecule has 1 amide bonds. The first kappa shape index (κ1) is 25.4. The zero-order chi connectivity index (χ0) is 19.2. The Hall–Kier alpha value is -0.610. The minimum Gasteiger partial charge on any atom is -0.381 e. The van der Waals surface area contributed by atoms with Crippen molar-refractivity contribution in [3.05, 3.63) is 0 Å². The normalized spacial score (nSPS) is 20.0. The molecule has 2 aliphatic rings. The Morgan fingerprint density at radius 3 is 2.61 bits per heavy atom. The van der Waals surface area contributed by atoms with Crippen molar-refractivity contribution in [2.24, 2.45) is 16.8 Å². The summed E-state index contributed by atoms with van der Waals surface area (Å²) in [4.78, 5) is 16.5. The van der Waals surface area contributed by atoms with Crippen LogP contribution in [0.15, 0.2) is 4.99 Å². The van der Waals surface area contributed by atoms with Gasteiger partial charge in [0.05, 0.1) is 13.2 Å². The quantitative estimate of drug-likeness (QED) is 0.163. The Kier molecular flexibility index (Phi) is 14.7. The summed E-state index contributed by atoms with van der Waals surface area (Å²) < 4.78 is 11.0. The summed E-state index contributed by atoms with van der Waals surface area (Å²) in [5.74, 6) is 2.14. The van der Waals surface area contributed by atoms with E-state index in [-0.39, 0.29) is 29.9 Å². The van der Waals surface area contributed by atoms with Gasteiger partial charge in [0, 0.05) is 51.7 Å². The van der Waals surface area contributed by atoms with Crippen LogP contribution in [0.2, 0.25) is 0 Å². The van der Waals surface area contributed by atoms with E-state index in [0.29, 0.717) is 31.3 Å². The second-order valence-electron chi connectivity index (χ2n) is 7.55. The zero-order valence-corrected chi connectivity index (χ0v) is 19.7. The molecule has 2 rings (SSSR count). The largest absolute Gasteiger partial charge is 0.381 e. The van der Waals surface area contributed by atoms with E-state index in [1.807, 2.05) is 6.92 Å². The minimum atomic E-state index is 0. The summed E-state index contributed by atoms with van der Waals surface area (Å²) >= 11 is 0. The fourth-order valence-corrected chi connectivity index (χ4v) is 3.60. The molecular weight excluding hydrogens is 471 g/mol. The summed E-state index contributed by atoms with van der Waals surface area (Å²) in [5, 5.41) is 9.51. The Morgan fingerprint density at radius 2 is 1.89 bits per heavy atom. The van der Waals surface area contributed by atoms with Crippen molar-refractivity contribution in [2.75, 3.05) is 52.6 Å². The highest BCUT2D eigenvalue weighted by atomic mass is 127. The van der Waals surface area contributed by atoms with Crippen molar-refractivity contribution in [3.8, 4) is 0 Å². The number of halogens is 1. The predicted molar refractivity (Wildman–Crippen MR) is 123 cm³/mol. The molecule has 1 saturated heterocycles. The van der Waals surface area contributed by atoms with E-state index in [4.69, 9.17) is 9.47 Å². The van der Waals surface area contributed by atoms with Crippen LogP contribution in [-0.4, -0.2) is 64.5 Å². The number of aliphatic imine (C=N–C) groups is 1. The van der Waals surface area contributed by atoms with Gasteiger partial charge in [-0.25, -0.2) is 0 Å². The lowest BCUT2D eigenvalue weighted by atomic mass is 10.0. The van der Waals surface area contributed by atoms with Gasteiger partial charge in [0.2, 0.25) is 5.91 Å². The van der Waals surface area contributed by atoms with Crippen LogP contribution in [0, 0.1) is 11.8 Å². The van der Waals surface area contributed by atoms with Crippen molar-refractivity contribution in [3.63, 3.8) is 0 Å². The Bertz CT molecular complexity index is 439. The third kappa shape index (κ3) is 11.4. The molecule has 1 atom stereocenters. The highest BCUT2D eigenvalue weighted by Crippen LogP contribution is 2.27. The lowest BCUT2D eigenvalue weighted by Gasteiger charge is -2.13. The molecule has 164 valence electrons. The average molecular weight is 510 g/mol. The summed E-state index contributed by atoms with van der Waals surface area (Å²) in [6.45, 7) is 8.14. The van der Waals surface area contributed by atoms with Crippen molar-refractivity contribution < 1.29 is 14.3 Å². The molecule has 1 heterocycles. The van der Waals surface area contributed by atoms with Gasteiger partial charge < -0.3 is 25.4 Å². The number of carbonyl (C=O) groups excluding carboxylic acids is 1. The minimum absolute atomic E-state index is 0. The number of carbonyl (C=O) groups is 1. The SMILES string of the molecule is CCNC(=NCCCOCC1CCOC1)NCCNC(=O)CC1CCCC1.I. The maximum absolute atomic E-state index is 11.9. The molecule has 8 heteroatoms. The maximum atomic E-state index is 11.9. The average Bonchev–Trinajstić information content (AvgIpc) is 3.35. The van der Waals surface area contributed by atoms with E-state index in [9.17, 15) is 4.79 Å². The summed E-state index contributed by atoms with van der Waals surface area (Å²) in [5.41, 5.74) is 0. The van der Waals surface area contributed by atoms with Crippen LogP contribution in [0.5, 0.6) is 0 Å². The van der Waals surface area contributed by atoms with E-state index < -0.39 is 0 Å². The van der Waals surface area contributed by atoms with Crippen LogP contribution in [0.1, 0.15) is 51.9 Å². The van der Waals surface area contributed by atoms with E-state index in [1.165, 1.54) is 25.7 Å². The predicted octanol–water partition coefficient (Wildman–Crippen LogP) is 2.30. The fourth-order valence-electron chi connectivity index (χ4n) is 3.60. The monoisotopic (exact) mass is 510 g/mol. The topological polar surface area (TPSA) is 84.0 Å². The molecule has 0 aromatic carbocycles. The van der Waals surface area contributed by atoms with Gasteiger partial charge in [0.25, 0.3) is 0 Å². The van der Waals surface area contributed by atoms with Gasteiger partial charge in [-0.15, -0.1) is 24.0 Å². The van der Waals surface area contributed by atoms with E-state index in [2.05, 4.69) is 20.9 Å². The molecule has 0 bridgehead atoms. The molecule has 1 aliphatic heterocycles. The third-order valence-corrected chi connectivity index (χ3v) is 5.13. The number of nitrogens with one attached hydrogen (secondary N) is 3. The Balaban J connectivity index is 0.00000392. The van der Waals surface area contributed by atoms with Gasteiger partial charge >= 0.3 is 0 Å². The first-order valence-electron chi connectivity index (χ1n) is 10.7. The molecular formula is C20H39IN4O3. The highest BCUT2D eigenvalue weighted by molar-refractivity contribution is 14.0. The van der Waals surface area contributed by atoms with E-state index >= 15 is 0 Å². The molecule has 0 spiro atoms. The molecule has 0 radical (unpaired) electrons.